The number of anilines is 1. The van der Waals surface area contributed by atoms with Crippen molar-refractivity contribution in [3.05, 3.63) is 53.0 Å². The highest BCUT2D eigenvalue weighted by Gasteiger charge is 2.19. The van der Waals surface area contributed by atoms with Crippen LogP contribution in [0.15, 0.2) is 30.3 Å². The van der Waals surface area contributed by atoms with E-state index >= 15 is 0 Å². The maximum absolute atomic E-state index is 8.83. The largest absolute Gasteiger partial charge is 0.378 e. The third-order valence-corrected chi connectivity index (χ3v) is 3.30. The van der Waals surface area contributed by atoms with E-state index in [4.69, 9.17) is 10.00 Å². The third kappa shape index (κ3) is 4.76. The predicted octanol–water partition coefficient (Wildman–Crippen LogP) is 3.40. The molecule has 1 aromatic carbocycles. The van der Waals surface area contributed by atoms with Crippen LogP contribution in [0.5, 0.6) is 0 Å². The fourth-order valence-corrected chi connectivity index (χ4v) is 2.04. The van der Waals surface area contributed by atoms with E-state index < -0.39 is 0 Å². The monoisotopic (exact) mass is 310 g/mol. The molecule has 0 saturated carbocycles. The number of hydrogen-bond acceptors (Lipinski definition) is 5. The Morgan fingerprint density at radius 3 is 2.43 bits per heavy atom. The first-order chi connectivity index (χ1) is 10.9. The Morgan fingerprint density at radius 2 is 1.87 bits per heavy atom. The third-order valence-electron chi connectivity index (χ3n) is 3.30. The van der Waals surface area contributed by atoms with Crippen LogP contribution in [0, 0.1) is 11.3 Å². The molecule has 2 aromatic rings. The minimum Gasteiger partial charge on any atom is -0.378 e. The molecule has 0 aliphatic carbocycles. The molecule has 1 N–H and O–H groups in total. The van der Waals surface area contributed by atoms with Gasteiger partial charge in [-0.15, -0.1) is 0 Å². The van der Waals surface area contributed by atoms with Gasteiger partial charge in [-0.3, -0.25) is 0 Å². The number of aromatic nitrogens is 2. The van der Waals surface area contributed by atoms with Gasteiger partial charge in [0.15, 0.2) is 0 Å². The summed E-state index contributed by atoms with van der Waals surface area (Å²) >= 11 is 0. The molecule has 0 fully saturated rings. The van der Waals surface area contributed by atoms with Crippen LogP contribution in [0.1, 0.15) is 43.4 Å². The van der Waals surface area contributed by atoms with E-state index in [9.17, 15) is 0 Å². The first-order valence-corrected chi connectivity index (χ1v) is 7.52. The second-order valence-electron chi connectivity index (χ2n) is 6.41. The highest BCUT2D eigenvalue weighted by atomic mass is 16.5. The minimum absolute atomic E-state index is 0.130. The predicted molar refractivity (Wildman–Crippen MR) is 89.9 cm³/mol. The molecule has 5 heteroatoms. The molecular formula is C18H22N4O. The van der Waals surface area contributed by atoms with Gasteiger partial charge in [-0.2, -0.15) is 5.26 Å². The van der Waals surface area contributed by atoms with Crippen molar-refractivity contribution in [2.45, 2.75) is 39.3 Å². The molecule has 0 amide bonds. The van der Waals surface area contributed by atoms with Crippen molar-refractivity contribution in [1.29, 1.82) is 5.26 Å². The van der Waals surface area contributed by atoms with E-state index in [1.807, 2.05) is 30.3 Å². The van der Waals surface area contributed by atoms with E-state index in [0.29, 0.717) is 18.7 Å². The fraction of sp³-hybridized carbons (Fsp3) is 0.389. The quantitative estimate of drug-likeness (QED) is 0.916. The molecule has 0 bridgehead atoms. The molecule has 23 heavy (non-hydrogen) atoms. The molecule has 0 aliphatic rings. The van der Waals surface area contributed by atoms with Gasteiger partial charge in [0, 0.05) is 25.1 Å². The summed E-state index contributed by atoms with van der Waals surface area (Å²) in [5.74, 6) is 1.57. The molecule has 0 saturated heterocycles. The van der Waals surface area contributed by atoms with Gasteiger partial charge in [0.05, 0.1) is 23.9 Å². The lowest BCUT2D eigenvalue weighted by molar-refractivity contribution is 0.181. The smallest absolute Gasteiger partial charge is 0.136 e. The van der Waals surface area contributed by atoms with Crippen LogP contribution < -0.4 is 5.32 Å². The molecule has 0 unspecified atom stereocenters. The molecular weight excluding hydrogens is 288 g/mol. The van der Waals surface area contributed by atoms with E-state index in [2.05, 4.69) is 42.1 Å². The summed E-state index contributed by atoms with van der Waals surface area (Å²) in [4.78, 5) is 9.17. The summed E-state index contributed by atoms with van der Waals surface area (Å²) in [6.45, 7) is 7.35. The van der Waals surface area contributed by atoms with Crippen LogP contribution in [0.4, 0.5) is 5.82 Å². The maximum Gasteiger partial charge on any atom is 0.136 e. The normalized spacial score (nSPS) is 11.1. The van der Waals surface area contributed by atoms with E-state index in [1.54, 1.807) is 7.11 Å². The Kier molecular flexibility index (Phi) is 5.30. The Balaban J connectivity index is 2.17. The maximum atomic E-state index is 8.83. The summed E-state index contributed by atoms with van der Waals surface area (Å²) in [7, 11) is 1.66. The number of nitrogens with zero attached hydrogens (tertiary/aromatic N) is 3. The van der Waals surface area contributed by atoms with Crippen LogP contribution >= 0.6 is 0 Å². The molecule has 0 spiro atoms. The van der Waals surface area contributed by atoms with Gasteiger partial charge in [0.2, 0.25) is 0 Å². The van der Waals surface area contributed by atoms with Gasteiger partial charge >= 0.3 is 0 Å². The summed E-state index contributed by atoms with van der Waals surface area (Å²) < 4.78 is 5.19. The molecule has 2 rings (SSSR count). The second-order valence-corrected chi connectivity index (χ2v) is 6.41. The number of nitrogens with one attached hydrogen (secondary N) is 1. The highest BCUT2D eigenvalue weighted by molar-refractivity contribution is 5.39. The topological polar surface area (TPSA) is 70.8 Å². The zero-order chi connectivity index (χ0) is 16.9. The SMILES string of the molecule is COCc1cc(NCc2ccc(C#N)cc2)nc(C(C)(C)C)n1. The van der Waals surface area contributed by atoms with Crippen molar-refractivity contribution < 1.29 is 4.74 Å². The summed E-state index contributed by atoms with van der Waals surface area (Å²) in [6, 6.07) is 11.5. The Bertz CT molecular complexity index is 696. The van der Waals surface area contributed by atoms with Gasteiger partial charge in [0.1, 0.15) is 11.6 Å². The average Bonchev–Trinajstić information content (AvgIpc) is 2.53. The standard InChI is InChI=1S/C18H22N4O/c1-18(2,3)17-21-15(12-23-4)9-16(22-17)20-11-14-7-5-13(10-19)6-8-14/h5-9H,11-12H2,1-4H3,(H,20,21,22). The van der Waals surface area contributed by atoms with E-state index in [0.717, 1.165) is 22.9 Å². The number of hydrogen-bond donors (Lipinski definition) is 1. The highest BCUT2D eigenvalue weighted by Crippen LogP contribution is 2.21. The van der Waals surface area contributed by atoms with Crippen molar-refractivity contribution in [1.82, 2.24) is 9.97 Å². The number of benzene rings is 1. The van der Waals surface area contributed by atoms with Crippen LogP contribution in [0.2, 0.25) is 0 Å². The number of rotatable bonds is 5. The Hall–Kier alpha value is -2.45. The minimum atomic E-state index is -0.130. The summed E-state index contributed by atoms with van der Waals surface area (Å²) in [5, 5.41) is 12.1. The lowest BCUT2D eigenvalue weighted by Crippen LogP contribution is -2.18. The molecule has 120 valence electrons. The molecule has 1 aromatic heterocycles. The van der Waals surface area contributed by atoms with Gasteiger partial charge in [0.25, 0.3) is 0 Å². The lowest BCUT2D eigenvalue weighted by Gasteiger charge is -2.19. The molecule has 5 nitrogen and oxygen atoms in total. The molecule has 0 atom stereocenters. The van der Waals surface area contributed by atoms with Gasteiger partial charge in [-0.05, 0) is 17.7 Å². The van der Waals surface area contributed by atoms with Crippen molar-refractivity contribution in [2.75, 3.05) is 12.4 Å². The Labute approximate surface area is 137 Å². The van der Waals surface area contributed by atoms with Gasteiger partial charge in [-0.1, -0.05) is 32.9 Å². The first-order valence-electron chi connectivity index (χ1n) is 7.52. The first kappa shape index (κ1) is 16.9. The van der Waals surface area contributed by atoms with Gasteiger partial charge in [-0.25, -0.2) is 9.97 Å². The van der Waals surface area contributed by atoms with Crippen LogP contribution in [-0.2, 0) is 23.3 Å². The summed E-state index contributed by atoms with van der Waals surface area (Å²) in [5.41, 5.74) is 2.48. The molecule has 1 heterocycles. The second kappa shape index (κ2) is 7.21. The van der Waals surface area contributed by atoms with Crippen molar-refractivity contribution in [3.63, 3.8) is 0 Å². The summed E-state index contributed by atoms with van der Waals surface area (Å²) in [6.07, 6.45) is 0. The molecule has 0 radical (unpaired) electrons. The zero-order valence-electron chi connectivity index (χ0n) is 14.1. The molecule has 0 aliphatic heterocycles. The number of ether oxygens (including phenoxy) is 1. The van der Waals surface area contributed by atoms with E-state index in [1.165, 1.54) is 0 Å². The number of methoxy groups -OCH3 is 1. The van der Waals surface area contributed by atoms with Crippen LogP contribution in [-0.4, -0.2) is 17.1 Å². The van der Waals surface area contributed by atoms with Crippen molar-refractivity contribution in [2.24, 2.45) is 0 Å². The fourth-order valence-electron chi connectivity index (χ4n) is 2.04. The average molecular weight is 310 g/mol. The lowest BCUT2D eigenvalue weighted by atomic mass is 9.95. The van der Waals surface area contributed by atoms with Crippen LogP contribution in [0.25, 0.3) is 0 Å². The van der Waals surface area contributed by atoms with Crippen molar-refractivity contribution in [3.8, 4) is 6.07 Å². The van der Waals surface area contributed by atoms with E-state index in [-0.39, 0.29) is 5.41 Å². The van der Waals surface area contributed by atoms with Gasteiger partial charge < -0.3 is 10.1 Å². The van der Waals surface area contributed by atoms with Crippen molar-refractivity contribution >= 4 is 5.82 Å². The number of nitriles is 1. The van der Waals surface area contributed by atoms with Crippen LogP contribution in [0.3, 0.4) is 0 Å². The zero-order valence-corrected chi connectivity index (χ0v) is 14.1. The Morgan fingerprint density at radius 1 is 1.17 bits per heavy atom.